The predicted molar refractivity (Wildman–Crippen MR) is 114 cm³/mol. The number of anilines is 2. The molecule has 0 atom stereocenters. The molecule has 6 nitrogen and oxygen atoms in total. The number of amides is 1. The first-order chi connectivity index (χ1) is 14.0. The molecule has 0 aliphatic carbocycles. The summed E-state index contributed by atoms with van der Waals surface area (Å²) in [5, 5.41) is 3.71. The van der Waals surface area contributed by atoms with Crippen LogP contribution >= 0.6 is 0 Å². The van der Waals surface area contributed by atoms with Crippen LogP contribution in [0.3, 0.4) is 0 Å². The Morgan fingerprint density at radius 1 is 1.10 bits per heavy atom. The fourth-order valence-electron chi connectivity index (χ4n) is 3.73. The van der Waals surface area contributed by atoms with E-state index >= 15 is 0 Å². The van der Waals surface area contributed by atoms with Crippen molar-refractivity contribution in [3.05, 3.63) is 64.0 Å². The first kappa shape index (κ1) is 19.1. The summed E-state index contributed by atoms with van der Waals surface area (Å²) in [6.07, 6.45) is 2.46. The number of ether oxygens (including phenoxy) is 1. The third-order valence-electron chi connectivity index (χ3n) is 5.30. The molecule has 3 aromatic rings. The summed E-state index contributed by atoms with van der Waals surface area (Å²) in [5.74, 6) is 0.273. The van der Waals surface area contributed by atoms with Gasteiger partial charge in [-0.2, -0.15) is 0 Å². The van der Waals surface area contributed by atoms with Crippen molar-refractivity contribution in [3.8, 4) is 5.75 Å². The molecule has 1 amide bonds. The zero-order chi connectivity index (χ0) is 20.4. The fraction of sp³-hybridized carbons (Fsp3) is 0.304. The molecule has 0 saturated carbocycles. The van der Waals surface area contributed by atoms with E-state index in [2.05, 4.69) is 10.2 Å². The average Bonchev–Trinajstić information content (AvgIpc) is 3.23. The molecule has 0 unspecified atom stereocenters. The molecule has 29 heavy (non-hydrogen) atoms. The van der Waals surface area contributed by atoms with Crippen LogP contribution in [0.2, 0.25) is 0 Å². The van der Waals surface area contributed by atoms with Crippen LogP contribution in [0, 0.1) is 13.8 Å². The number of hydrogen-bond donors (Lipinski definition) is 1. The lowest BCUT2D eigenvalue weighted by Crippen LogP contribution is -2.21. The van der Waals surface area contributed by atoms with Crippen molar-refractivity contribution in [2.45, 2.75) is 26.7 Å². The first-order valence-corrected chi connectivity index (χ1v) is 9.83. The van der Waals surface area contributed by atoms with E-state index in [-0.39, 0.29) is 12.5 Å². The summed E-state index contributed by atoms with van der Waals surface area (Å²) in [5.41, 5.74) is 3.56. The largest absolute Gasteiger partial charge is 0.483 e. The summed E-state index contributed by atoms with van der Waals surface area (Å²) in [7, 11) is 0. The van der Waals surface area contributed by atoms with Gasteiger partial charge < -0.3 is 19.4 Å². The number of benzene rings is 2. The Kier molecular flexibility index (Phi) is 5.25. The number of fused-ring (bicyclic) bond motifs is 1. The normalized spacial score (nSPS) is 13.7. The van der Waals surface area contributed by atoms with Crippen molar-refractivity contribution in [3.63, 3.8) is 0 Å². The van der Waals surface area contributed by atoms with Gasteiger partial charge in [0.25, 0.3) is 5.91 Å². The number of nitrogens with one attached hydrogen (secondary N) is 1. The Balaban J connectivity index is 1.40. The van der Waals surface area contributed by atoms with Gasteiger partial charge in [-0.25, -0.2) is 4.79 Å². The van der Waals surface area contributed by atoms with E-state index in [0.717, 1.165) is 29.7 Å². The maximum Gasteiger partial charge on any atom is 0.336 e. The predicted octanol–water partition coefficient (Wildman–Crippen LogP) is 4.03. The van der Waals surface area contributed by atoms with Gasteiger partial charge >= 0.3 is 5.63 Å². The molecule has 150 valence electrons. The molecule has 0 spiro atoms. The van der Waals surface area contributed by atoms with Gasteiger partial charge in [0, 0.05) is 41.5 Å². The Bertz CT molecular complexity index is 1100. The highest BCUT2D eigenvalue weighted by Gasteiger charge is 2.13. The SMILES string of the molecule is Cc1cc(=O)oc2c(C)c(OCC(=O)Nc3ccc(N4CCCC4)cc3)ccc12. The third-order valence-corrected chi connectivity index (χ3v) is 5.30. The molecule has 1 saturated heterocycles. The number of hydrogen-bond acceptors (Lipinski definition) is 5. The topological polar surface area (TPSA) is 71.8 Å². The third kappa shape index (κ3) is 4.11. The Morgan fingerprint density at radius 2 is 1.83 bits per heavy atom. The molecule has 0 radical (unpaired) electrons. The highest BCUT2D eigenvalue weighted by Crippen LogP contribution is 2.28. The summed E-state index contributed by atoms with van der Waals surface area (Å²) < 4.78 is 11.0. The lowest BCUT2D eigenvalue weighted by atomic mass is 10.1. The summed E-state index contributed by atoms with van der Waals surface area (Å²) in [6.45, 7) is 5.72. The van der Waals surface area contributed by atoms with Crippen LogP contribution in [0.25, 0.3) is 11.0 Å². The zero-order valence-corrected chi connectivity index (χ0v) is 16.7. The maximum absolute atomic E-state index is 12.3. The van der Waals surface area contributed by atoms with Crippen molar-refractivity contribution in [2.24, 2.45) is 0 Å². The summed E-state index contributed by atoms with van der Waals surface area (Å²) in [4.78, 5) is 26.3. The van der Waals surface area contributed by atoms with Crippen molar-refractivity contribution in [1.82, 2.24) is 0 Å². The molecule has 0 bridgehead atoms. The molecule has 1 fully saturated rings. The molecular weight excluding hydrogens is 368 g/mol. The van der Waals surface area contributed by atoms with E-state index < -0.39 is 5.63 Å². The number of nitrogens with zero attached hydrogens (tertiary/aromatic N) is 1. The van der Waals surface area contributed by atoms with Crippen LogP contribution in [0.15, 0.2) is 51.7 Å². The van der Waals surface area contributed by atoms with Crippen molar-refractivity contribution < 1.29 is 13.9 Å². The Hall–Kier alpha value is -3.28. The molecule has 2 heterocycles. The molecule has 1 aromatic heterocycles. The first-order valence-electron chi connectivity index (χ1n) is 9.83. The van der Waals surface area contributed by atoms with E-state index in [1.54, 1.807) is 6.07 Å². The minimum Gasteiger partial charge on any atom is -0.483 e. The highest BCUT2D eigenvalue weighted by atomic mass is 16.5. The van der Waals surface area contributed by atoms with Crippen molar-refractivity contribution in [1.29, 1.82) is 0 Å². The van der Waals surface area contributed by atoms with Crippen molar-refractivity contribution >= 4 is 28.3 Å². The van der Waals surface area contributed by atoms with Gasteiger partial charge in [-0.3, -0.25) is 4.79 Å². The minimum atomic E-state index is -0.398. The van der Waals surface area contributed by atoms with E-state index in [4.69, 9.17) is 9.15 Å². The van der Waals surface area contributed by atoms with Crippen LogP contribution < -0.4 is 20.6 Å². The van der Waals surface area contributed by atoms with E-state index in [1.165, 1.54) is 24.6 Å². The number of carbonyl (C=O) groups is 1. The fourth-order valence-corrected chi connectivity index (χ4v) is 3.73. The van der Waals surface area contributed by atoms with Crippen molar-refractivity contribution in [2.75, 3.05) is 29.9 Å². The molecular formula is C23H24N2O4. The van der Waals surface area contributed by atoms with E-state index in [9.17, 15) is 9.59 Å². The van der Waals surface area contributed by atoms with E-state index in [0.29, 0.717) is 16.9 Å². The Morgan fingerprint density at radius 3 is 2.55 bits per heavy atom. The second kappa shape index (κ2) is 7.99. The molecule has 1 N–H and O–H groups in total. The number of aryl methyl sites for hydroxylation is 2. The molecule has 2 aromatic carbocycles. The number of rotatable bonds is 5. The highest BCUT2D eigenvalue weighted by molar-refractivity contribution is 5.92. The van der Waals surface area contributed by atoms with Crippen LogP contribution in [0.4, 0.5) is 11.4 Å². The van der Waals surface area contributed by atoms with Gasteiger partial charge in [-0.15, -0.1) is 0 Å². The van der Waals surface area contributed by atoms with Gasteiger partial charge in [-0.1, -0.05) is 0 Å². The molecule has 6 heteroatoms. The van der Waals surface area contributed by atoms with Gasteiger partial charge in [0.15, 0.2) is 6.61 Å². The van der Waals surface area contributed by atoms with Crippen LogP contribution in [0.5, 0.6) is 5.75 Å². The summed E-state index contributed by atoms with van der Waals surface area (Å²) >= 11 is 0. The smallest absolute Gasteiger partial charge is 0.336 e. The Labute approximate surface area is 169 Å². The number of carbonyl (C=O) groups excluding carboxylic acids is 1. The van der Waals surface area contributed by atoms with Crippen LogP contribution in [-0.4, -0.2) is 25.6 Å². The van der Waals surface area contributed by atoms with Gasteiger partial charge in [-0.05, 0) is 68.7 Å². The summed E-state index contributed by atoms with van der Waals surface area (Å²) in [6, 6.07) is 13.0. The molecule has 1 aliphatic rings. The van der Waals surface area contributed by atoms with Gasteiger partial charge in [0.1, 0.15) is 11.3 Å². The standard InChI is InChI=1S/C23H24N2O4/c1-15-13-22(27)29-23-16(2)20(10-9-19(15)23)28-14-21(26)24-17-5-7-18(8-6-17)25-11-3-4-12-25/h5-10,13H,3-4,11-12,14H2,1-2H3,(H,24,26). The molecule has 1 aliphatic heterocycles. The lowest BCUT2D eigenvalue weighted by molar-refractivity contribution is -0.118. The van der Waals surface area contributed by atoms with Crippen LogP contribution in [-0.2, 0) is 4.79 Å². The minimum absolute atomic E-state index is 0.129. The van der Waals surface area contributed by atoms with Gasteiger partial charge in [0.2, 0.25) is 0 Å². The van der Waals surface area contributed by atoms with Crippen LogP contribution in [0.1, 0.15) is 24.0 Å². The molecule has 4 rings (SSSR count). The van der Waals surface area contributed by atoms with Gasteiger partial charge in [0.05, 0.1) is 0 Å². The maximum atomic E-state index is 12.3. The average molecular weight is 392 g/mol. The quantitative estimate of drug-likeness (QED) is 0.664. The zero-order valence-electron chi connectivity index (χ0n) is 16.7. The lowest BCUT2D eigenvalue weighted by Gasteiger charge is -2.17. The monoisotopic (exact) mass is 392 g/mol. The second-order valence-corrected chi connectivity index (χ2v) is 7.39. The second-order valence-electron chi connectivity index (χ2n) is 7.39. The van der Waals surface area contributed by atoms with E-state index in [1.807, 2.05) is 44.2 Å².